The van der Waals surface area contributed by atoms with E-state index in [0.29, 0.717) is 6.54 Å². The molecular formula is C26H31N5O3. The van der Waals surface area contributed by atoms with Crippen molar-refractivity contribution in [3.8, 4) is 0 Å². The van der Waals surface area contributed by atoms with Crippen molar-refractivity contribution in [2.45, 2.75) is 51.2 Å². The molecule has 1 saturated carbocycles. The summed E-state index contributed by atoms with van der Waals surface area (Å²) in [5, 5.41) is 3.11. The molecule has 2 aromatic carbocycles. The highest BCUT2D eigenvalue weighted by atomic mass is 16.2. The Balaban J connectivity index is 1.66. The number of H-pyrrole nitrogens is 1. The Morgan fingerprint density at radius 2 is 1.59 bits per heavy atom. The van der Waals surface area contributed by atoms with E-state index in [9.17, 15) is 14.4 Å². The van der Waals surface area contributed by atoms with Crippen LogP contribution < -0.4 is 27.2 Å². The number of nitrogens with one attached hydrogen (secondary N) is 2. The first kappa shape index (κ1) is 23.4. The summed E-state index contributed by atoms with van der Waals surface area (Å²) in [6.07, 6.45) is 5.34. The van der Waals surface area contributed by atoms with Gasteiger partial charge < -0.3 is 16.0 Å². The van der Waals surface area contributed by atoms with Crippen molar-refractivity contribution in [2.24, 2.45) is 0 Å². The molecule has 0 unspecified atom stereocenters. The molecule has 4 N–H and O–H groups in total. The molecule has 1 heterocycles. The second-order valence-electron chi connectivity index (χ2n) is 8.81. The van der Waals surface area contributed by atoms with Gasteiger partial charge >= 0.3 is 5.69 Å². The summed E-state index contributed by atoms with van der Waals surface area (Å²) in [5.74, 6) is -0.124. The maximum Gasteiger partial charge on any atom is 0.330 e. The van der Waals surface area contributed by atoms with Gasteiger partial charge in [0.25, 0.3) is 5.56 Å². The van der Waals surface area contributed by atoms with E-state index in [0.717, 1.165) is 36.8 Å². The number of aromatic amines is 1. The molecule has 8 nitrogen and oxygen atoms in total. The van der Waals surface area contributed by atoms with Gasteiger partial charge in [-0.2, -0.15) is 0 Å². The fourth-order valence-corrected chi connectivity index (χ4v) is 4.52. The van der Waals surface area contributed by atoms with Crippen LogP contribution in [0.25, 0.3) is 0 Å². The fourth-order valence-electron chi connectivity index (χ4n) is 4.52. The van der Waals surface area contributed by atoms with E-state index in [2.05, 4.69) is 10.3 Å². The van der Waals surface area contributed by atoms with Gasteiger partial charge in [0.05, 0.1) is 13.1 Å². The van der Waals surface area contributed by atoms with Crippen LogP contribution in [0, 0.1) is 0 Å². The number of carbonyl (C=O) groups excluding carboxylic acids is 1. The number of hydrogen-bond donors (Lipinski definition) is 3. The van der Waals surface area contributed by atoms with Gasteiger partial charge in [-0.1, -0.05) is 79.9 Å². The third-order valence-corrected chi connectivity index (χ3v) is 6.23. The van der Waals surface area contributed by atoms with Gasteiger partial charge in [0, 0.05) is 12.6 Å². The molecule has 34 heavy (non-hydrogen) atoms. The maximum absolute atomic E-state index is 13.0. The number of rotatable bonds is 8. The summed E-state index contributed by atoms with van der Waals surface area (Å²) < 4.78 is 1.34. The number of nitrogen functional groups attached to an aromatic ring is 1. The quantitative estimate of drug-likeness (QED) is 0.477. The van der Waals surface area contributed by atoms with Gasteiger partial charge in [-0.15, -0.1) is 0 Å². The van der Waals surface area contributed by atoms with Crippen molar-refractivity contribution in [3.63, 3.8) is 0 Å². The predicted molar refractivity (Wildman–Crippen MR) is 134 cm³/mol. The van der Waals surface area contributed by atoms with Gasteiger partial charge in [0.2, 0.25) is 5.91 Å². The van der Waals surface area contributed by atoms with Crippen molar-refractivity contribution in [3.05, 3.63) is 92.6 Å². The minimum atomic E-state index is -0.604. The highest BCUT2D eigenvalue weighted by Crippen LogP contribution is 2.21. The fraction of sp³-hybridized carbons (Fsp3) is 0.346. The SMILES string of the molecule is Nc1c(N(CC(=O)NC2CCCCC2)Cc2ccccc2)c(=O)[nH]c(=O)n1Cc1ccccc1. The van der Waals surface area contributed by atoms with Crippen molar-refractivity contribution in [1.29, 1.82) is 0 Å². The van der Waals surface area contributed by atoms with E-state index in [1.807, 2.05) is 60.7 Å². The molecule has 0 radical (unpaired) electrons. The zero-order valence-corrected chi connectivity index (χ0v) is 19.2. The molecular weight excluding hydrogens is 430 g/mol. The lowest BCUT2D eigenvalue weighted by Gasteiger charge is -2.28. The lowest BCUT2D eigenvalue weighted by molar-refractivity contribution is -0.120. The molecule has 1 aliphatic carbocycles. The van der Waals surface area contributed by atoms with Crippen molar-refractivity contribution in [2.75, 3.05) is 17.2 Å². The third kappa shape index (κ3) is 5.75. The molecule has 8 heteroatoms. The number of aromatic nitrogens is 2. The Morgan fingerprint density at radius 3 is 2.24 bits per heavy atom. The monoisotopic (exact) mass is 461 g/mol. The number of carbonyl (C=O) groups is 1. The molecule has 1 aliphatic rings. The highest BCUT2D eigenvalue weighted by Gasteiger charge is 2.23. The summed E-state index contributed by atoms with van der Waals surface area (Å²) in [7, 11) is 0. The van der Waals surface area contributed by atoms with E-state index in [4.69, 9.17) is 5.73 Å². The Hall–Kier alpha value is -3.81. The van der Waals surface area contributed by atoms with Gasteiger partial charge in [-0.05, 0) is 24.0 Å². The highest BCUT2D eigenvalue weighted by molar-refractivity contribution is 5.82. The van der Waals surface area contributed by atoms with Crippen molar-refractivity contribution >= 4 is 17.4 Å². The van der Waals surface area contributed by atoms with Crippen LogP contribution in [-0.2, 0) is 17.9 Å². The van der Waals surface area contributed by atoms with E-state index in [1.54, 1.807) is 4.90 Å². The molecule has 0 aliphatic heterocycles. The number of nitrogens with two attached hydrogens (primary N) is 1. The minimum absolute atomic E-state index is 0.0395. The zero-order chi connectivity index (χ0) is 23.9. The van der Waals surface area contributed by atoms with Gasteiger partial charge in [-0.3, -0.25) is 19.1 Å². The molecule has 0 bridgehead atoms. The predicted octanol–water partition coefficient (Wildman–Crippen LogP) is 2.62. The summed E-state index contributed by atoms with van der Waals surface area (Å²) >= 11 is 0. The molecule has 4 rings (SSSR count). The first-order valence-electron chi connectivity index (χ1n) is 11.8. The van der Waals surface area contributed by atoms with E-state index in [-0.39, 0.29) is 36.5 Å². The second kappa shape index (κ2) is 10.9. The minimum Gasteiger partial charge on any atom is -0.383 e. The van der Waals surface area contributed by atoms with Crippen LogP contribution in [0.4, 0.5) is 11.5 Å². The largest absolute Gasteiger partial charge is 0.383 e. The van der Waals surface area contributed by atoms with Gasteiger partial charge in [0.1, 0.15) is 11.5 Å². The molecule has 0 spiro atoms. The number of hydrogen-bond acceptors (Lipinski definition) is 5. The smallest absolute Gasteiger partial charge is 0.330 e. The Bertz CT molecular complexity index is 1210. The average molecular weight is 462 g/mol. The third-order valence-electron chi connectivity index (χ3n) is 6.23. The van der Waals surface area contributed by atoms with Gasteiger partial charge in [-0.25, -0.2) is 4.79 Å². The average Bonchev–Trinajstić information content (AvgIpc) is 2.83. The summed E-state index contributed by atoms with van der Waals surface area (Å²) in [4.78, 5) is 42.6. The Kier molecular flexibility index (Phi) is 7.47. The van der Waals surface area contributed by atoms with Crippen molar-refractivity contribution in [1.82, 2.24) is 14.9 Å². The number of anilines is 2. The number of nitrogens with zero attached hydrogens (tertiary/aromatic N) is 2. The van der Waals surface area contributed by atoms with Crippen LogP contribution in [-0.4, -0.2) is 28.0 Å². The first-order chi connectivity index (χ1) is 16.5. The van der Waals surface area contributed by atoms with E-state index < -0.39 is 11.2 Å². The van der Waals surface area contributed by atoms with Crippen LogP contribution >= 0.6 is 0 Å². The second-order valence-corrected chi connectivity index (χ2v) is 8.81. The van der Waals surface area contributed by atoms with Crippen LogP contribution in [0.1, 0.15) is 43.2 Å². The summed E-state index contributed by atoms with van der Waals surface area (Å²) in [6.45, 7) is 0.473. The molecule has 3 aromatic rings. The first-order valence-corrected chi connectivity index (χ1v) is 11.8. The lowest BCUT2D eigenvalue weighted by atomic mass is 9.95. The number of benzene rings is 2. The van der Waals surface area contributed by atoms with Gasteiger partial charge in [0.15, 0.2) is 0 Å². The standard InChI is InChI=1S/C26H31N5O3/c27-24-23(25(33)29-26(34)31(24)17-20-12-6-2-7-13-20)30(16-19-10-4-1-5-11-19)18-22(32)28-21-14-8-3-9-15-21/h1-2,4-7,10-13,21H,3,8-9,14-18,27H2,(H,28,32)(H,29,33,34). The van der Waals surface area contributed by atoms with Crippen LogP contribution in [0.15, 0.2) is 70.3 Å². The van der Waals surface area contributed by atoms with E-state index >= 15 is 0 Å². The van der Waals surface area contributed by atoms with Crippen molar-refractivity contribution < 1.29 is 4.79 Å². The summed E-state index contributed by atoms with van der Waals surface area (Å²) in [5.41, 5.74) is 7.15. The zero-order valence-electron chi connectivity index (χ0n) is 19.2. The molecule has 1 fully saturated rings. The molecule has 0 atom stereocenters. The summed E-state index contributed by atoms with van der Waals surface area (Å²) in [6, 6.07) is 19.1. The maximum atomic E-state index is 13.0. The number of amides is 1. The van der Waals surface area contributed by atoms with Crippen LogP contribution in [0.3, 0.4) is 0 Å². The molecule has 0 saturated heterocycles. The Morgan fingerprint density at radius 1 is 0.971 bits per heavy atom. The topological polar surface area (TPSA) is 113 Å². The van der Waals surface area contributed by atoms with E-state index in [1.165, 1.54) is 11.0 Å². The molecule has 178 valence electrons. The lowest BCUT2D eigenvalue weighted by Crippen LogP contribution is -2.45. The molecule has 1 aromatic heterocycles. The molecule has 1 amide bonds. The Labute approximate surface area is 198 Å². The van der Waals surface area contributed by atoms with Crippen LogP contribution in [0.2, 0.25) is 0 Å². The normalized spacial score (nSPS) is 14.0. The van der Waals surface area contributed by atoms with Crippen LogP contribution in [0.5, 0.6) is 0 Å².